The van der Waals surface area contributed by atoms with Crippen molar-refractivity contribution in [3.8, 4) is 5.75 Å². The molecule has 1 unspecified atom stereocenters. The Morgan fingerprint density at radius 3 is 3.11 bits per heavy atom. The number of hydrogen-bond donors (Lipinski definition) is 2. The van der Waals surface area contributed by atoms with E-state index in [0.29, 0.717) is 12.5 Å². The second-order valence-electron chi connectivity index (χ2n) is 4.61. The molecular weight excluding hydrogens is 230 g/mol. The predicted molar refractivity (Wildman–Crippen MR) is 68.9 cm³/mol. The van der Waals surface area contributed by atoms with E-state index in [0.717, 1.165) is 25.1 Å². The minimum atomic E-state index is -0.731. The van der Waals surface area contributed by atoms with E-state index in [1.165, 1.54) is 11.1 Å². The number of nitrogens with one attached hydrogen (secondary N) is 1. The number of carboxylic acids is 1. The Morgan fingerprint density at radius 1 is 1.56 bits per heavy atom. The highest BCUT2D eigenvalue weighted by Gasteiger charge is 2.22. The van der Waals surface area contributed by atoms with Crippen LogP contribution in [0.3, 0.4) is 0 Å². The van der Waals surface area contributed by atoms with Gasteiger partial charge in [0.15, 0.2) is 0 Å². The van der Waals surface area contributed by atoms with Gasteiger partial charge >= 0.3 is 5.97 Å². The molecule has 2 N–H and O–H groups in total. The van der Waals surface area contributed by atoms with Crippen molar-refractivity contribution in [3.63, 3.8) is 0 Å². The Hall–Kier alpha value is -1.55. The van der Waals surface area contributed by atoms with E-state index in [2.05, 4.69) is 17.4 Å². The average molecular weight is 249 g/mol. The summed E-state index contributed by atoms with van der Waals surface area (Å²) in [4.78, 5) is 10.4. The molecular formula is C14H19NO3. The van der Waals surface area contributed by atoms with E-state index in [-0.39, 0.29) is 6.42 Å². The van der Waals surface area contributed by atoms with Crippen LogP contribution in [0.4, 0.5) is 0 Å². The highest BCUT2D eigenvalue weighted by Crippen LogP contribution is 2.33. The predicted octanol–water partition coefficient (Wildman–Crippen LogP) is 2.14. The zero-order chi connectivity index (χ0) is 13.0. The van der Waals surface area contributed by atoms with Crippen molar-refractivity contribution in [1.29, 1.82) is 0 Å². The first kappa shape index (κ1) is 12.9. The van der Waals surface area contributed by atoms with E-state index in [1.54, 1.807) is 7.11 Å². The molecule has 2 rings (SSSR count). The highest BCUT2D eigenvalue weighted by atomic mass is 16.5. The van der Waals surface area contributed by atoms with Gasteiger partial charge in [-0.25, -0.2) is 0 Å². The molecule has 18 heavy (non-hydrogen) atoms. The van der Waals surface area contributed by atoms with Crippen molar-refractivity contribution in [2.45, 2.75) is 31.7 Å². The number of ether oxygens (including phenoxy) is 1. The molecule has 0 heterocycles. The summed E-state index contributed by atoms with van der Waals surface area (Å²) >= 11 is 0. The molecule has 0 aliphatic heterocycles. The van der Waals surface area contributed by atoms with Gasteiger partial charge in [-0.15, -0.1) is 0 Å². The Morgan fingerprint density at radius 2 is 2.39 bits per heavy atom. The van der Waals surface area contributed by atoms with Crippen molar-refractivity contribution >= 4 is 5.97 Å². The number of benzene rings is 1. The van der Waals surface area contributed by atoms with Gasteiger partial charge < -0.3 is 15.2 Å². The van der Waals surface area contributed by atoms with Crippen molar-refractivity contribution in [2.24, 2.45) is 0 Å². The standard InChI is InChI=1S/C14H19NO3/c1-18-11-6-4-10-5-7-13(12(10)9-11)15-8-2-3-14(16)17/h4,6,9,13,15H,2-3,5,7-8H2,1H3,(H,16,17). The molecule has 1 atom stereocenters. The van der Waals surface area contributed by atoms with Gasteiger partial charge in [0.1, 0.15) is 5.75 Å². The minimum absolute atomic E-state index is 0.227. The first-order chi connectivity index (χ1) is 8.70. The van der Waals surface area contributed by atoms with Crippen molar-refractivity contribution < 1.29 is 14.6 Å². The Bertz CT molecular complexity index is 431. The molecule has 98 valence electrons. The Balaban J connectivity index is 1.91. The molecule has 1 aliphatic rings. The molecule has 1 aromatic carbocycles. The van der Waals surface area contributed by atoms with Crippen LogP contribution in [-0.4, -0.2) is 24.7 Å². The zero-order valence-corrected chi connectivity index (χ0v) is 10.6. The van der Waals surface area contributed by atoms with Crippen molar-refractivity contribution in [3.05, 3.63) is 29.3 Å². The van der Waals surface area contributed by atoms with Crippen LogP contribution in [0.5, 0.6) is 5.75 Å². The van der Waals surface area contributed by atoms with E-state index in [1.807, 2.05) is 6.07 Å². The summed E-state index contributed by atoms with van der Waals surface area (Å²) in [5.41, 5.74) is 2.66. The lowest BCUT2D eigenvalue weighted by molar-refractivity contribution is -0.137. The number of carbonyl (C=O) groups is 1. The number of aliphatic carboxylic acids is 1. The normalized spacial score (nSPS) is 17.5. The van der Waals surface area contributed by atoms with Crippen LogP contribution in [0.15, 0.2) is 18.2 Å². The van der Waals surface area contributed by atoms with E-state index < -0.39 is 5.97 Å². The fourth-order valence-corrected chi connectivity index (χ4v) is 2.44. The van der Waals surface area contributed by atoms with E-state index in [9.17, 15) is 4.79 Å². The first-order valence-corrected chi connectivity index (χ1v) is 6.32. The molecule has 0 fully saturated rings. The summed E-state index contributed by atoms with van der Waals surface area (Å²) in [6.07, 6.45) is 3.06. The summed E-state index contributed by atoms with van der Waals surface area (Å²) in [6, 6.07) is 6.53. The maximum Gasteiger partial charge on any atom is 0.303 e. The third-order valence-electron chi connectivity index (χ3n) is 3.39. The summed E-state index contributed by atoms with van der Waals surface area (Å²) < 4.78 is 5.24. The molecule has 4 nitrogen and oxygen atoms in total. The lowest BCUT2D eigenvalue weighted by Crippen LogP contribution is -2.21. The van der Waals surface area contributed by atoms with Crippen LogP contribution in [0.25, 0.3) is 0 Å². The van der Waals surface area contributed by atoms with Gasteiger partial charge in [-0.05, 0) is 49.1 Å². The van der Waals surface area contributed by atoms with Crippen LogP contribution in [0.1, 0.15) is 36.4 Å². The molecule has 1 aromatic rings. The molecule has 0 spiro atoms. The van der Waals surface area contributed by atoms with Crippen LogP contribution in [-0.2, 0) is 11.2 Å². The third kappa shape index (κ3) is 3.01. The maximum absolute atomic E-state index is 10.4. The Labute approximate surface area is 107 Å². The van der Waals surface area contributed by atoms with Crippen LogP contribution in [0.2, 0.25) is 0 Å². The smallest absolute Gasteiger partial charge is 0.303 e. The van der Waals surface area contributed by atoms with Gasteiger partial charge in [-0.3, -0.25) is 4.79 Å². The molecule has 4 heteroatoms. The average Bonchev–Trinajstić information content (AvgIpc) is 2.76. The summed E-state index contributed by atoms with van der Waals surface area (Å²) in [5.74, 6) is 0.151. The van der Waals surface area contributed by atoms with Crippen LogP contribution >= 0.6 is 0 Å². The van der Waals surface area contributed by atoms with Gasteiger partial charge in [0, 0.05) is 12.5 Å². The minimum Gasteiger partial charge on any atom is -0.497 e. The third-order valence-corrected chi connectivity index (χ3v) is 3.39. The molecule has 0 amide bonds. The Kier molecular flexibility index (Phi) is 4.20. The SMILES string of the molecule is COc1ccc2c(c1)C(NCCCC(=O)O)CC2. The molecule has 0 radical (unpaired) electrons. The highest BCUT2D eigenvalue weighted by molar-refractivity contribution is 5.66. The number of carboxylic acid groups (broad SMARTS) is 1. The lowest BCUT2D eigenvalue weighted by atomic mass is 10.1. The molecule has 0 aromatic heterocycles. The van der Waals surface area contributed by atoms with Gasteiger partial charge in [-0.1, -0.05) is 6.07 Å². The summed E-state index contributed by atoms with van der Waals surface area (Å²) in [7, 11) is 1.67. The fraction of sp³-hybridized carbons (Fsp3) is 0.500. The maximum atomic E-state index is 10.4. The van der Waals surface area contributed by atoms with Crippen molar-refractivity contribution in [1.82, 2.24) is 5.32 Å². The zero-order valence-electron chi connectivity index (χ0n) is 10.6. The number of fused-ring (bicyclic) bond motifs is 1. The fourth-order valence-electron chi connectivity index (χ4n) is 2.44. The van der Waals surface area contributed by atoms with Crippen LogP contribution in [0, 0.1) is 0 Å². The second kappa shape index (κ2) is 5.87. The molecule has 0 saturated heterocycles. The second-order valence-corrected chi connectivity index (χ2v) is 4.61. The van der Waals surface area contributed by atoms with E-state index in [4.69, 9.17) is 9.84 Å². The van der Waals surface area contributed by atoms with Gasteiger partial charge in [-0.2, -0.15) is 0 Å². The molecule has 0 saturated carbocycles. The van der Waals surface area contributed by atoms with Crippen molar-refractivity contribution in [2.75, 3.05) is 13.7 Å². The van der Waals surface area contributed by atoms with Gasteiger partial charge in [0.05, 0.1) is 7.11 Å². The topological polar surface area (TPSA) is 58.6 Å². The van der Waals surface area contributed by atoms with E-state index >= 15 is 0 Å². The number of methoxy groups -OCH3 is 1. The first-order valence-electron chi connectivity index (χ1n) is 6.32. The van der Waals surface area contributed by atoms with Crippen LogP contribution < -0.4 is 10.1 Å². The van der Waals surface area contributed by atoms with Gasteiger partial charge in [0.2, 0.25) is 0 Å². The summed E-state index contributed by atoms with van der Waals surface area (Å²) in [5, 5.41) is 12.0. The number of hydrogen-bond acceptors (Lipinski definition) is 3. The quantitative estimate of drug-likeness (QED) is 0.758. The molecule has 1 aliphatic carbocycles. The number of aryl methyl sites for hydroxylation is 1. The van der Waals surface area contributed by atoms with Gasteiger partial charge in [0.25, 0.3) is 0 Å². The lowest BCUT2D eigenvalue weighted by Gasteiger charge is -2.14. The molecule has 0 bridgehead atoms. The summed E-state index contributed by atoms with van der Waals surface area (Å²) in [6.45, 7) is 0.744. The number of rotatable bonds is 6. The largest absolute Gasteiger partial charge is 0.497 e. The monoisotopic (exact) mass is 249 g/mol.